The number of hydrogen-bond donors (Lipinski definition) is 1. The van der Waals surface area contributed by atoms with Gasteiger partial charge in [-0.15, -0.1) is 0 Å². The molecule has 3 nitrogen and oxygen atoms in total. The number of benzene rings is 2. The van der Waals surface area contributed by atoms with Crippen molar-refractivity contribution in [3.63, 3.8) is 0 Å². The fourth-order valence-electron chi connectivity index (χ4n) is 3.16. The topological polar surface area (TPSA) is 18.5 Å². The predicted molar refractivity (Wildman–Crippen MR) is 110 cm³/mol. The van der Waals surface area contributed by atoms with Gasteiger partial charge in [-0.25, -0.2) is 4.39 Å². The number of hydrogen-bond acceptors (Lipinski definition) is 2. The highest BCUT2D eigenvalue weighted by atomic mass is 32.1. The van der Waals surface area contributed by atoms with E-state index in [1.54, 1.807) is 12.1 Å². The number of nitrogens with zero attached hydrogens (tertiary/aromatic N) is 2. The summed E-state index contributed by atoms with van der Waals surface area (Å²) in [5, 5.41) is 4.11. The molecule has 0 bridgehead atoms. The Morgan fingerprint density at radius 2 is 1.77 bits per heavy atom. The van der Waals surface area contributed by atoms with Crippen LogP contribution in [-0.4, -0.2) is 41.1 Å². The molecular weight excluding hydrogens is 345 g/mol. The van der Waals surface area contributed by atoms with Crippen LogP contribution < -0.4 is 5.32 Å². The summed E-state index contributed by atoms with van der Waals surface area (Å²) in [4.78, 5) is 4.54. The molecule has 26 heavy (non-hydrogen) atoms. The molecule has 0 saturated carbocycles. The zero-order chi connectivity index (χ0) is 18.5. The maximum Gasteiger partial charge on any atom is 0.173 e. The van der Waals surface area contributed by atoms with Crippen molar-refractivity contribution in [1.29, 1.82) is 0 Å². The van der Waals surface area contributed by atoms with Crippen molar-refractivity contribution in [3.8, 4) is 0 Å². The van der Waals surface area contributed by atoms with Crippen LogP contribution in [0.5, 0.6) is 0 Å². The van der Waals surface area contributed by atoms with E-state index in [4.69, 9.17) is 12.2 Å². The first kappa shape index (κ1) is 18.8. The second kappa shape index (κ2) is 8.60. The Hall–Kier alpha value is -1.98. The molecule has 0 unspecified atom stereocenters. The summed E-state index contributed by atoms with van der Waals surface area (Å²) in [6, 6.07) is 15.3. The van der Waals surface area contributed by atoms with Crippen molar-refractivity contribution in [2.75, 3.05) is 31.5 Å². The summed E-state index contributed by atoms with van der Waals surface area (Å²) in [5.41, 5.74) is 3.37. The molecule has 0 aliphatic carbocycles. The molecule has 5 heteroatoms. The molecule has 0 radical (unpaired) electrons. The average molecular weight is 372 g/mol. The van der Waals surface area contributed by atoms with Gasteiger partial charge in [0.05, 0.1) is 0 Å². The van der Waals surface area contributed by atoms with Gasteiger partial charge >= 0.3 is 0 Å². The molecule has 1 aliphatic heterocycles. The van der Waals surface area contributed by atoms with Crippen molar-refractivity contribution in [1.82, 2.24) is 9.80 Å². The molecule has 1 saturated heterocycles. The van der Waals surface area contributed by atoms with E-state index in [-0.39, 0.29) is 5.82 Å². The Morgan fingerprint density at radius 1 is 1.08 bits per heavy atom. The summed E-state index contributed by atoms with van der Waals surface area (Å²) in [5.74, 6) is 0.358. The van der Waals surface area contributed by atoms with Crippen LogP contribution in [0.4, 0.5) is 10.1 Å². The van der Waals surface area contributed by atoms with Crippen molar-refractivity contribution in [2.45, 2.75) is 26.3 Å². The normalized spacial score (nSPS) is 15.3. The average Bonchev–Trinajstić information content (AvgIpc) is 2.63. The van der Waals surface area contributed by atoms with Gasteiger partial charge in [0, 0.05) is 38.4 Å². The Morgan fingerprint density at radius 3 is 2.38 bits per heavy atom. The van der Waals surface area contributed by atoms with Crippen LogP contribution in [0.15, 0.2) is 48.5 Å². The Kier molecular flexibility index (Phi) is 6.22. The first-order valence-electron chi connectivity index (χ1n) is 9.14. The summed E-state index contributed by atoms with van der Waals surface area (Å²) in [7, 11) is 0. The Labute approximate surface area is 160 Å². The molecule has 2 aromatic rings. The molecule has 0 aromatic heterocycles. The van der Waals surface area contributed by atoms with E-state index in [9.17, 15) is 4.39 Å². The summed E-state index contributed by atoms with van der Waals surface area (Å²) < 4.78 is 13.3. The maximum absolute atomic E-state index is 13.3. The number of halogens is 1. The highest BCUT2D eigenvalue weighted by Crippen LogP contribution is 2.18. The van der Waals surface area contributed by atoms with Gasteiger partial charge < -0.3 is 10.2 Å². The number of thiocarbonyl (C=S) groups is 1. The molecular formula is C21H26FN3S. The first-order chi connectivity index (χ1) is 12.5. The monoisotopic (exact) mass is 371 g/mol. The van der Waals surface area contributed by atoms with Crippen molar-refractivity contribution in [3.05, 3.63) is 65.5 Å². The highest BCUT2D eigenvalue weighted by molar-refractivity contribution is 7.80. The first-order valence-corrected chi connectivity index (χ1v) is 9.55. The van der Waals surface area contributed by atoms with E-state index in [2.05, 4.69) is 53.2 Å². The second-order valence-corrected chi connectivity index (χ2v) is 7.49. The highest BCUT2D eigenvalue weighted by Gasteiger charge is 2.19. The van der Waals surface area contributed by atoms with Crippen LogP contribution in [0.3, 0.4) is 0 Å². The smallest absolute Gasteiger partial charge is 0.173 e. The lowest BCUT2D eigenvalue weighted by molar-refractivity contribution is 0.177. The lowest BCUT2D eigenvalue weighted by Gasteiger charge is -2.36. The second-order valence-electron chi connectivity index (χ2n) is 7.10. The van der Waals surface area contributed by atoms with Crippen LogP contribution in [0.2, 0.25) is 0 Å². The standard InChI is InChI=1S/C21H26FN3S/c1-16(2)18-6-8-20(9-7-18)23-21(26)25-12-10-24(11-13-25)15-17-4-3-5-19(22)14-17/h3-9,14,16H,10-13,15H2,1-2H3,(H,23,26). The van der Waals surface area contributed by atoms with Crippen molar-refractivity contribution >= 4 is 23.0 Å². The van der Waals surface area contributed by atoms with Crippen LogP contribution in [0, 0.1) is 5.82 Å². The van der Waals surface area contributed by atoms with Crippen LogP contribution in [-0.2, 0) is 6.54 Å². The largest absolute Gasteiger partial charge is 0.346 e. The van der Waals surface area contributed by atoms with E-state index in [1.165, 1.54) is 11.6 Å². The summed E-state index contributed by atoms with van der Waals surface area (Å²) in [6.45, 7) is 8.76. The third kappa shape index (κ3) is 5.02. The van der Waals surface area contributed by atoms with Gasteiger partial charge in [-0.1, -0.05) is 38.1 Å². The number of anilines is 1. The molecule has 0 atom stereocenters. The third-order valence-electron chi connectivity index (χ3n) is 4.78. The van der Waals surface area contributed by atoms with Crippen LogP contribution >= 0.6 is 12.2 Å². The minimum absolute atomic E-state index is 0.171. The van der Waals surface area contributed by atoms with Gasteiger partial charge in [-0.05, 0) is 53.5 Å². The molecule has 1 aliphatic rings. The maximum atomic E-state index is 13.3. The minimum Gasteiger partial charge on any atom is -0.346 e. The molecule has 2 aromatic carbocycles. The van der Waals surface area contributed by atoms with Gasteiger partial charge in [0.15, 0.2) is 5.11 Å². The van der Waals surface area contributed by atoms with Gasteiger partial charge in [-0.3, -0.25) is 4.90 Å². The predicted octanol–water partition coefficient (Wildman–Crippen LogP) is 4.46. The quantitative estimate of drug-likeness (QED) is 0.799. The zero-order valence-electron chi connectivity index (χ0n) is 15.4. The van der Waals surface area contributed by atoms with Gasteiger partial charge in [-0.2, -0.15) is 0 Å². The Bertz CT molecular complexity index is 737. The summed E-state index contributed by atoms with van der Waals surface area (Å²) >= 11 is 5.57. The lowest BCUT2D eigenvalue weighted by Crippen LogP contribution is -2.49. The number of rotatable bonds is 4. The fraction of sp³-hybridized carbons (Fsp3) is 0.381. The number of piperazine rings is 1. The van der Waals surface area contributed by atoms with Crippen LogP contribution in [0.25, 0.3) is 0 Å². The van der Waals surface area contributed by atoms with Gasteiger partial charge in [0.2, 0.25) is 0 Å². The van der Waals surface area contributed by atoms with E-state index in [0.29, 0.717) is 5.92 Å². The molecule has 3 rings (SSSR count). The van der Waals surface area contributed by atoms with Crippen LogP contribution in [0.1, 0.15) is 30.9 Å². The molecule has 1 N–H and O–H groups in total. The zero-order valence-corrected chi connectivity index (χ0v) is 16.2. The van der Waals surface area contributed by atoms with Gasteiger partial charge in [0.1, 0.15) is 5.82 Å². The molecule has 1 heterocycles. The van der Waals surface area contributed by atoms with Gasteiger partial charge in [0.25, 0.3) is 0 Å². The van der Waals surface area contributed by atoms with E-state index in [0.717, 1.165) is 49.1 Å². The third-order valence-corrected chi connectivity index (χ3v) is 5.14. The Balaban J connectivity index is 1.48. The molecule has 138 valence electrons. The lowest BCUT2D eigenvalue weighted by atomic mass is 10.0. The summed E-state index contributed by atoms with van der Waals surface area (Å²) in [6.07, 6.45) is 0. The fourth-order valence-corrected chi connectivity index (χ4v) is 3.46. The van der Waals surface area contributed by atoms with Crippen molar-refractivity contribution in [2.24, 2.45) is 0 Å². The van der Waals surface area contributed by atoms with E-state index < -0.39 is 0 Å². The molecule has 0 spiro atoms. The molecule has 1 fully saturated rings. The number of nitrogens with one attached hydrogen (secondary N) is 1. The van der Waals surface area contributed by atoms with Crippen molar-refractivity contribution < 1.29 is 4.39 Å². The molecule has 0 amide bonds. The van der Waals surface area contributed by atoms with E-state index >= 15 is 0 Å². The van der Waals surface area contributed by atoms with E-state index in [1.807, 2.05) is 6.07 Å². The minimum atomic E-state index is -0.171. The SMILES string of the molecule is CC(C)c1ccc(NC(=S)N2CCN(Cc3cccc(F)c3)CC2)cc1.